The molecule has 0 unspecified atom stereocenters. The quantitative estimate of drug-likeness (QED) is 0.867. The van der Waals surface area contributed by atoms with Gasteiger partial charge in [0.1, 0.15) is 0 Å². The highest BCUT2D eigenvalue weighted by molar-refractivity contribution is 8.00. The molecule has 20 heavy (non-hydrogen) atoms. The molecule has 0 saturated heterocycles. The van der Waals surface area contributed by atoms with E-state index in [1.54, 1.807) is 16.8 Å². The Morgan fingerprint density at radius 2 is 1.90 bits per heavy atom. The van der Waals surface area contributed by atoms with Crippen LogP contribution in [0.3, 0.4) is 0 Å². The first-order chi connectivity index (χ1) is 9.33. The largest absolute Gasteiger partial charge is 0.446 e. The van der Waals surface area contributed by atoms with Gasteiger partial charge >= 0.3 is 5.51 Å². The van der Waals surface area contributed by atoms with Crippen molar-refractivity contribution in [3.05, 3.63) is 41.7 Å². The Morgan fingerprint density at radius 1 is 1.25 bits per heavy atom. The van der Waals surface area contributed by atoms with Gasteiger partial charge in [0.15, 0.2) is 0 Å². The van der Waals surface area contributed by atoms with Gasteiger partial charge in [0.25, 0.3) is 0 Å². The van der Waals surface area contributed by atoms with Gasteiger partial charge in [-0.05, 0) is 43.0 Å². The second-order valence-electron chi connectivity index (χ2n) is 4.34. The lowest BCUT2D eigenvalue weighted by Gasteiger charge is -2.08. The summed E-state index contributed by atoms with van der Waals surface area (Å²) in [7, 11) is 1.85. The number of anilines is 1. The fraction of sp³-hybridized carbons (Fsp3) is 0.308. The molecule has 1 heterocycles. The second-order valence-corrected chi connectivity index (χ2v) is 5.48. The Balaban J connectivity index is 1.96. The number of thioether (sulfide) groups is 1. The standard InChI is InChI=1S/C13H14F3N3S/c1-9-10(8-19(2)18-9)7-17-11-3-5-12(6-4-11)20-13(14,15)16/h3-6,8,17H,7H2,1-2H3. The van der Waals surface area contributed by atoms with Gasteiger partial charge in [-0.3, -0.25) is 4.68 Å². The number of nitrogens with zero attached hydrogens (tertiary/aromatic N) is 2. The molecule has 0 atom stereocenters. The first kappa shape index (κ1) is 14.8. The molecule has 0 fully saturated rings. The molecule has 0 aliphatic rings. The highest BCUT2D eigenvalue weighted by atomic mass is 32.2. The van der Waals surface area contributed by atoms with Gasteiger partial charge in [-0.25, -0.2) is 0 Å². The second kappa shape index (κ2) is 5.78. The molecule has 108 valence electrons. The van der Waals surface area contributed by atoms with E-state index in [2.05, 4.69) is 10.4 Å². The van der Waals surface area contributed by atoms with E-state index in [0.717, 1.165) is 16.9 Å². The Bertz CT molecular complexity index is 576. The van der Waals surface area contributed by atoms with Gasteiger partial charge in [-0.15, -0.1) is 0 Å². The zero-order valence-corrected chi connectivity index (χ0v) is 11.8. The maximum Gasteiger partial charge on any atom is 0.446 e. The number of benzene rings is 1. The Kier molecular flexibility index (Phi) is 4.27. The van der Waals surface area contributed by atoms with Gasteiger partial charge in [0, 0.05) is 35.9 Å². The summed E-state index contributed by atoms with van der Waals surface area (Å²) in [6.07, 6.45) is 1.91. The molecule has 0 spiro atoms. The van der Waals surface area contributed by atoms with Crippen molar-refractivity contribution < 1.29 is 13.2 Å². The fourth-order valence-electron chi connectivity index (χ4n) is 1.79. The molecular formula is C13H14F3N3S. The Labute approximate surface area is 119 Å². The van der Waals surface area contributed by atoms with E-state index in [1.165, 1.54) is 12.1 Å². The SMILES string of the molecule is Cc1nn(C)cc1CNc1ccc(SC(F)(F)F)cc1. The van der Waals surface area contributed by atoms with E-state index in [4.69, 9.17) is 0 Å². The third-order valence-corrected chi connectivity index (χ3v) is 3.43. The Hall–Kier alpha value is -1.63. The molecule has 0 aliphatic heterocycles. The summed E-state index contributed by atoms with van der Waals surface area (Å²) in [5.74, 6) is 0. The van der Waals surface area contributed by atoms with Gasteiger partial charge in [-0.1, -0.05) is 0 Å². The summed E-state index contributed by atoms with van der Waals surface area (Å²) < 4.78 is 38.3. The number of alkyl halides is 3. The summed E-state index contributed by atoms with van der Waals surface area (Å²) in [6.45, 7) is 2.51. The lowest BCUT2D eigenvalue weighted by Crippen LogP contribution is -2.01. The number of halogens is 3. The van der Waals surface area contributed by atoms with Crippen LogP contribution in [0, 0.1) is 6.92 Å². The predicted molar refractivity (Wildman–Crippen MR) is 73.6 cm³/mol. The van der Waals surface area contributed by atoms with Crippen LogP contribution in [0.25, 0.3) is 0 Å². The summed E-state index contributed by atoms with van der Waals surface area (Å²) in [4.78, 5) is 0.181. The topological polar surface area (TPSA) is 29.9 Å². The zero-order chi connectivity index (χ0) is 14.8. The fourth-order valence-corrected chi connectivity index (χ4v) is 2.33. The maximum atomic E-state index is 12.2. The van der Waals surface area contributed by atoms with Crippen molar-refractivity contribution in [3.63, 3.8) is 0 Å². The molecule has 1 aromatic heterocycles. The summed E-state index contributed by atoms with van der Waals surface area (Å²) in [5.41, 5.74) is -1.48. The molecule has 3 nitrogen and oxygen atoms in total. The third kappa shape index (κ3) is 4.19. The average molecular weight is 301 g/mol. The minimum atomic E-state index is -4.25. The van der Waals surface area contributed by atoms with Gasteiger partial charge < -0.3 is 5.32 Å². The molecule has 1 aromatic carbocycles. The molecule has 2 rings (SSSR count). The number of hydrogen-bond acceptors (Lipinski definition) is 3. The highest BCUT2D eigenvalue weighted by Gasteiger charge is 2.28. The number of aromatic nitrogens is 2. The number of rotatable bonds is 4. The van der Waals surface area contributed by atoms with Gasteiger partial charge in [0.05, 0.1) is 5.69 Å². The van der Waals surface area contributed by atoms with Crippen LogP contribution in [-0.4, -0.2) is 15.3 Å². The molecule has 1 N–H and O–H groups in total. The van der Waals surface area contributed by atoms with Crippen LogP contribution >= 0.6 is 11.8 Å². The molecule has 2 aromatic rings. The van der Waals surface area contributed by atoms with Crippen molar-refractivity contribution in [2.24, 2.45) is 7.05 Å². The van der Waals surface area contributed by atoms with Crippen molar-refractivity contribution in [1.82, 2.24) is 9.78 Å². The smallest absolute Gasteiger partial charge is 0.381 e. The minimum absolute atomic E-state index is 0.111. The van der Waals surface area contributed by atoms with Crippen LogP contribution in [0.1, 0.15) is 11.3 Å². The highest BCUT2D eigenvalue weighted by Crippen LogP contribution is 2.37. The predicted octanol–water partition coefficient (Wildman–Crippen LogP) is 3.95. The molecule has 7 heteroatoms. The first-order valence-corrected chi connectivity index (χ1v) is 6.74. The van der Waals surface area contributed by atoms with Crippen molar-refractivity contribution >= 4 is 17.4 Å². The van der Waals surface area contributed by atoms with E-state index in [-0.39, 0.29) is 16.7 Å². The average Bonchev–Trinajstić information content (AvgIpc) is 2.65. The lowest BCUT2D eigenvalue weighted by molar-refractivity contribution is -0.0328. The third-order valence-electron chi connectivity index (χ3n) is 2.69. The van der Waals surface area contributed by atoms with Crippen LogP contribution in [0.15, 0.2) is 35.4 Å². The molecule has 0 amide bonds. The summed E-state index contributed by atoms with van der Waals surface area (Å²) in [6, 6.07) is 6.19. The Morgan fingerprint density at radius 3 is 2.40 bits per heavy atom. The summed E-state index contributed by atoms with van der Waals surface area (Å²) in [5, 5.41) is 7.39. The summed E-state index contributed by atoms with van der Waals surface area (Å²) >= 11 is -0.111. The zero-order valence-electron chi connectivity index (χ0n) is 11.0. The van der Waals surface area contributed by atoms with Gasteiger partial charge in [-0.2, -0.15) is 18.3 Å². The molecule has 0 bridgehead atoms. The van der Waals surface area contributed by atoms with Crippen molar-refractivity contribution in [2.75, 3.05) is 5.32 Å². The normalized spacial score (nSPS) is 11.7. The van der Waals surface area contributed by atoms with E-state index in [9.17, 15) is 13.2 Å². The van der Waals surface area contributed by atoms with Gasteiger partial charge in [0.2, 0.25) is 0 Å². The number of aryl methyl sites for hydroxylation is 2. The molecule has 0 saturated carbocycles. The van der Waals surface area contributed by atoms with Crippen LogP contribution < -0.4 is 5.32 Å². The lowest BCUT2D eigenvalue weighted by atomic mass is 10.2. The van der Waals surface area contributed by atoms with E-state index >= 15 is 0 Å². The minimum Gasteiger partial charge on any atom is -0.381 e. The van der Waals surface area contributed by atoms with E-state index < -0.39 is 5.51 Å². The molecular weight excluding hydrogens is 287 g/mol. The van der Waals surface area contributed by atoms with Crippen molar-refractivity contribution in [3.8, 4) is 0 Å². The van der Waals surface area contributed by atoms with E-state index in [0.29, 0.717) is 6.54 Å². The molecule has 0 aliphatic carbocycles. The number of nitrogens with one attached hydrogen (secondary N) is 1. The van der Waals surface area contributed by atoms with Crippen LogP contribution in [0.5, 0.6) is 0 Å². The number of hydrogen-bond donors (Lipinski definition) is 1. The van der Waals surface area contributed by atoms with Crippen molar-refractivity contribution in [2.45, 2.75) is 23.9 Å². The van der Waals surface area contributed by atoms with Crippen LogP contribution in [0.2, 0.25) is 0 Å². The van der Waals surface area contributed by atoms with Crippen LogP contribution in [0.4, 0.5) is 18.9 Å². The van der Waals surface area contributed by atoms with Crippen LogP contribution in [-0.2, 0) is 13.6 Å². The maximum absolute atomic E-state index is 12.2. The molecule has 0 radical (unpaired) electrons. The van der Waals surface area contributed by atoms with E-state index in [1.807, 2.05) is 20.2 Å². The van der Waals surface area contributed by atoms with Crippen molar-refractivity contribution in [1.29, 1.82) is 0 Å². The first-order valence-electron chi connectivity index (χ1n) is 5.92. The monoisotopic (exact) mass is 301 g/mol.